The molecule has 0 saturated carbocycles. The second kappa shape index (κ2) is 20.9. The van der Waals surface area contributed by atoms with Crippen LogP contribution in [-0.4, -0.2) is 62.1 Å². The number of hydrogen-bond acceptors (Lipinski definition) is 12. The second-order valence-corrected chi connectivity index (χ2v) is 10.6. The van der Waals surface area contributed by atoms with Gasteiger partial charge in [-0.15, -0.1) is 0 Å². The normalized spacial score (nSPS) is 10.2. The fraction of sp³-hybridized carbons (Fsp3) is 0.231. The summed E-state index contributed by atoms with van der Waals surface area (Å²) in [4.78, 5) is 72.9. The maximum Gasteiger partial charge on any atom is 0.343 e. The minimum atomic E-state index is -0.942. The molecule has 0 N–H and O–H groups in total. The summed E-state index contributed by atoms with van der Waals surface area (Å²) in [6, 6.07) is 16.2. The van der Waals surface area contributed by atoms with Crippen molar-refractivity contribution in [2.45, 2.75) is 32.1 Å². The zero-order valence-electron chi connectivity index (χ0n) is 28.0. The molecular weight excluding hydrogens is 660 g/mol. The van der Waals surface area contributed by atoms with Gasteiger partial charge in [0.15, 0.2) is 5.78 Å². The van der Waals surface area contributed by atoms with E-state index in [4.69, 9.17) is 28.4 Å². The van der Waals surface area contributed by atoms with E-state index in [1.807, 2.05) is 0 Å². The van der Waals surface area contributed by atoms with Crippen LogP contribution in [0.2, 0.25) is 0 Å². The van der Waals surface area contributed by atoms with Gasteiger partial charge in [-0.2, -0.15) is 0 Å². The van der Waals surface area contributed by atoms with E-state index in [2.05, 4.69) is 19.7 Å². The van der Waals surface area contributed by atoms with Crippen LogP contribution in [0.3, 0.4) is 0 Å². The molecule has 0 fully saturated rings. The van der Waals surface area contributed by atoms with Gasteiger partial charge in [0.05, 0.1) is 24.3 Å². The fourth-order valence-corrected chi connectivity index (χ4v) is 4.26. The largest absolute Gasteiger partial charge is 0.494 e. The summed E-state index contributed by atoms with van der Waals surface area (Å²) in [5.74, 6) is -3.47. The van der Waals surface area contributed by atoms with E-state index in [1.165, 1.54) is 48.5 Å². The Kier molecular flexibility index (Phi) is 16.1. The molecule has 0 spiro atoms. The monoisotopic (exact) mass is 698 g/mol. The SMILES string of the molecule is C=CC(=O)Cc1ccc(C(=O)Oc2ccc(OC(=O)c3ccc(OCCCCCCOC(=O)C=C)cc3)c(C(=O)OCCOC(=O)C=C)c2)cc1. The molecule has 0 aliphatic rings. The molecule has 3 rings (SSSR count). The summed E-state index contributed by atoms with van der Waals surface area (Å²) in [5, 5.41) is 0. The molecule has 0 heterocycles. The lowest BCUT2D eigenvalue weighted by Gasteiger charge is -2.13. The average molecular weight is 699 g/mol. The molecule has 12 heteroatoms. The molecular formula is C39H38O12. The van der Waals surface area contributed by atoms with Crippen molar-refractivity contribution in [1.82, 2.24) is 0 Å². The van der Waals surface area contributed by atoms with Crippen molar-refractivity contribution in [2.24, 2.45) is 0 Å². The Morgan fingerprint density at radius 3 is 1.71 bits per heavy atom. The molecule has 0 radical (unpaired) electrons. The van der Waals surface area contributed by atoms with Crippen molar-refractivity contribution >= 4 is 35.6 Å². The predicted molar refractivity (Wildman–Crippen MR) is 185 cm³/mol. The van der Waals surface area contributed by atoms with Crippen molar-refractivity contribution in [3.8, 4) is 17.2 Å². The van der Waals surface area contributed by atoms with Gasteiger partial charge in [0.1, 0.15) is 36.0 Å². The number of ether oxygens (including phenoxy) is 6. The Labute approximate surface area is 295 Å². The van der Waals surface area contributed by atoms with Crippen LogP contribution in [0.15, 0.2) is 105 Å². The zero-order valence-corrected chi connectivity index (χ0v) is 28.0. The number of benzene rings is 3. The van der Waals surface area contributed by atoms with Crippen molar-refractivity contribution in [1.29, 1.82) is 0 Å². The van der Waals surface area contributed by atoms with Crippen LogP contribution in [-0.2, 0) is 35.0 Å². The molecule has 0 bridgehead atoms. The van der Waals surface area contributed by atoms with Crippen LogP contribution in [0.25, 0.3) is 0 Å². The van der Waals surface area contributed by atoms with Crippen LogP contribution < -0.4 is 14.2 Å². The first-order valence-electron chi connectivity index (χ1n) is 15.9. The molecule has 266 valence electrons. The van der Waals surface area contributed by atoms with Crippen molar-refractivity contribution < 1.29 is 57.2 Å². The summed E-state index contributed by atoms with van der Waals surface area (Å²) in [6.07, 6.45) is 6.71. The number of carbonyl (C=O) groups is 6. The lowest BCUT2D eigenvalue weighted by molar-refractivity contribution is -0.139. The standard InChI is InChI=1S/C39H38O12/c1-4-30(40)25-27-11-13-28(14-12-27)37(43)50-32-19-20-34(33(26-32)39(45)49-24-23-48-36(42)6-3)51-38(44)29-15-17-31(18-16-29)46-21-9-7-8-10-22-47-35(41)5-2/h4-6,11-20,26H,1-3,7-10,21-25H2. The number of carbonyl (C=O) groups excluding carboxylic acids is 6. The van der Waals surface area contributed by atoms with Gasteiger partial charge >= 0.3 is 29.8 Å². The lowest BCUT2D eigenvalue weighted by Crippen LogP contribution is -2.16. The van der Waals surface area contributed by atoms with Crippen LogP contribution in [0, 0.1) is 0 Å². The smallest absolute Gasteiger partial charge is 0.343 e. The molecule has 0 aliphatic carbocycles. The van der Waals surface area contributed by atoms with Crippen molar-refractivity contribution in [3.63, 3.8) is 0 Å². The van der Waals surface area contributed by atoms with Crippen molar-refractivity contribution in [3.05, 3.63) is 127 Å². The Balaban J connectivity index is 1.64. The number of unbranched alkanes of at least 4 members (excludes halogenated alkanes) is 3. The molecule has 3 aromatic rings. The van der Waals surface area contributed by atoms with Gasteiger partial charge in [0.2, 0.25) is 0 Å². The van der Waals surface area contributed by atoms with Gasteiger partial charge in [0, 0.05) is 18.6 Å². The highest BCUT2D eigenvalue weighted by Gasteiger charge is 2.21. The maximum atomic E-state index is 13.1. The van der Waals surface area contributed by atoms with Gasteiger partial charge in [-0.1, -0.05) is 31.9 Å². The highest BCUT2D eigenvalue weighted by atomic mass is 16.6. The Hall–Kier alpha value is -6.30. The summed E-state index contributed by atoms with van der Waals surface area (Å²) in [7, 11) is 0. The lowest BCUT2D eigenvalue weighted by atomic mass is 10.1. The topological polar surface area (TPSA) is 158 Å². The molecule has 0 atom stereocenters. The fourth-order valence-electron chi connectivity index (χ4n) is 4.26. The molecule has 12 nitrogen and oxygen atoms in total. The van der Waals surface area contributed by atoms with E-state index >= 15 is 0 Å². The number of ketones is 1. The number of allylic oxidation sites excluding steroid dienone is 1. The number of esters is 5. The highest BCUT2D eigenvalue weighted by molar-refractivity contribution is 5.97. The molecule has 0 unspecified atom stereocenters. The summed E-state index contributed by atoms with van der Waals surface area (Å²) in [5.41, 5.74) is 0.800. The third-order valence-corrected chi connectivity index (χ3v) is 6.92. The van der Waals surface area contributed by atoms with E-state index in [0.717, 1.165) is 37.8 Å². The van der Waals surface area contributed by atoms with Gasteiger partial charge in [-0.3, -0.25) is 4.79 Å². The minimum Gasteiger partial charge on any atom is -0.494 e. The Bertz CT molecular complexity index is 1720. The first kappa shape index (κ1) is 39.1. The van der Waals surface area contributed by atoms with E-state index in [9.17, 15) is 28.8 Å². The number of hydrogen-bond donors (Lipinski definition) is 0. The average Bonchev–Trinajstić information content (AvgIpc) is 3.14. The first-order chi connectivity index (χ1) is 24.6. The molecule has 0 amide bonds. The van der Waals surface area contributed by atoms with E-state index < -0.39 is 29.8 Å². The van der Waals surface area contributed by atoms with Crippen LogP contribution >= 0.6 is 0 Å². The van der Waals surface area contributed by atoms with Crippen LogP contribution in [0.5, 0.6) is 17.2 Å². The first-order valence-corrected chi connectivity index (χ1v) is 15.9. The van der Waals surface area contributed by atoms with E-state index in [1.54, 1.807) is 24.3 Å². The van der Waals surface area contributed by atoms with Gasteiger partial charge in [-0.25, -0.2) is 24.0 Å². The molecule has 3 aromatic carbocycles. The third kappa shape index (κ3) is 13.6. The van der Waals surface area contributed by atoms with E-state index in [0.29, 0.717) is 24.5 Å². The minimum absolute atomic E-state index is 0.0478. The number of rotatable bonds is 21. The van der Waals surface area contributed by atoms with Gasteiger partial charge in [-0.05, 0) is 91.9 Å². The zero-order chi connectivity index (χ0) is 37.0. The van der Waals surface area contributed by atoms with Gasteiger partial charge < -0.3 is 28.4 Å². The van der Waals surface area contributed by atoms with E-state index in [-0.39, 0.29) is 53.6 Å². The summed E-state index contributed by atoms with van der Waals surface area (Å²) >= 11 is 0. The predicted octanol–water partition coefficient (Wildman–Crippen LogP) is 5.98. The highest BCUT2D eigenvalue weighted by Crippen LogP contribution is 2.27. The molecule has 51 heavy (non-hydrogen) atoms. The summed E-state index contributed by atoms with van der Waals surface area (Å²) < 4.78 is 31.7. The quantitative estimate of drug-likeness (QED) is 0.0422. The molecule has 0 aromatic heterocycles. The summed E-state index contributed by atoms with van der Waals surface area (Å²) in [6.45, 7) is 10.3. The molecule has 0 aliphatic heterocycles. The van der Waals surface area contributed by atoms with Gasteiger partial charge in [0.25, 0.3) is 0 Å². The van der Waals surface area contributed by atoms with Crippen LogP contribution in [0.4, 0.5) is 0 Å². The Morgan fingerprint density at radius 1 is 0.529 bits per heavy atom. The van der Waals surface area contributed by atoms with Crippen LogP contribution in [0.1, 0.15) is 62.3 Å². The second-order valence-electron chi connectivity index (χ2n) is 10.6. The molecule has 0 saturated heterocycles. The van der Waals surface area contributed by atoms with Crippen molar-refractivity contribution in [2.75, 3.05) is 26.4 Å². The Morgan fingerprint density at radius 2 is 1.08 bits per heavy atom. The maximum absolute atomic E-state index is 13.1. The third-order valence-electron chi connectivity index (χ3n) is 6.92.